The highest BCUT2D eigenvalue weighted by Crippen LogP contribution is 2.23. The number of rotatable bonds is 2. The number of benzene rings is 1. The summed E-state index contributed by atoms with van der Waals surface area (Å²) in [6.07, 6.45) is 1.59. The van der Waals surface area contributed by atoms with Gasteiger partial charge in [0.15, 0.2) is 5.76 Å². The largest absolute Gasteiger partial charge is 0.463 e. The maximum Gasteiger partial charge on any atom is 0.154 e. The van der Waals surface area contributed by atoms with Gasteiger partial charge in [0.05, 0.1) is 23.6 Å². The van der Waals surface area contributed by atoms with Gasteiger partial charge in [0.2, 0.25) is 0 Å². The molecule has 0 fully saturated rings. The molecule has 2 heterocycles. The topological polar surface area (TPSA) is 80.8 Å². The molecular weight excluding hydrogens is 240 g/mol. The molecule has 0 aliphatic carbocycles. The molecule has 5 heteroatoms. The number of nitrogens with zero attached hydrogens (tertiary/aromatic N) is 3. The zero-order chi connectivity index (χ0) is 13.2. The molecule has 0 spiro atoms. The first-order valence-corrected chi connectivity index (χ1v) is 5.68. The van der Waals surface area contributed by atoms with Crippen molar-refractivity contribution in [3.8, 4) is 23.2 Å². The number of hydrogen-bond acceptors (Lipinski definition) is 4. The van der Waals surface area contributed by atoms with Crippen molar-refractivity contribution < 1.29 is 4.42 Å². The monoisotopic (exact) mass is 250 g/mol. The maximum absolute atomic E-state index is 8.77. The van der Waals surface area contributed by atoms with Crippen molar-refractivity contribution in [3.63, 3.8) is 0 Å². The van der Waals surface area contributed by atoms with Crippen LogP contribution in [0.1, 0.15) is 5.56 Å². The Morgan fingerprint density at radius 2 is 2.00 bits per heavy atom. The second-order valence-electron chi connectivity index (χ2n) is 4.00. The first kappa shape index (κ1) is 11.1. The van der Waals surface area contributed by atoms with Crippen LogP contribution in [0.5, 0.6) is 0 Å². The molecule has 5 nitrogen and oxygen atoms in total. The molecule has 0 unspecified atom stereocenters. The van der Waals surface area contributed by atoms with E-state index in [0.29, 0.717) is 22.8 Å². The van der Waals surface area contributed by atoms with Gasteiger partial charge in [-0.25, -0.2) is 4.68 Å². The van der Waals surface area contributed by atoms with E-state index in [0.717, 1.165) is 5.69 Å². The summed E-state index contributed by atoms with van der Waals surface area (Å²) >= 11 is 0. The Hall–Kier alpha value is -3.00. The summed E-state index contributed by atoms with van der Waals surface area (Å²) in [4.78, 5) is 0. The number of anilines is 1. The predicted octanol–water partition coefficient (Wildman–Crippen LogP) is 2.59. The van der Waals surface area contributed by atoms with Gasteiger partial charge >= 0.3 is 0 Å². The molecule has 0 radical (unpaired) electrons. The number of nitrogens with two attached hydrogens (primary N) is 1. The van der Waals surface area contributed by atoms with Crippen molar-refractivity contribution >= 4 is 5.82 Å². The average Bonchev–Trinajstić information content (AvgIpc) is 3.08. The van der Waals surface area contributed by atoms with Gasteiger partial charge in [0, 0.05) is 6.07 Å². The summed E-state index contributed by atoms with van der Waals surface area (Å²) in [7, 11) is 0. The highest BCUT2D eigenvalue weighted by Gasteiger charge is 2.10. The molecule has 19 heavy (non-hydrogen) atoms. The van der Waals surface area contributed by atoms with Gasteiger partial charge in [-0.2, -0.15) is 10.4 Å². The van der Waals surface area contributed by atoms with Gasteiger partial charge in [-0.05, 0) is 36.4 Å². The van der Waals surface area contributed by atoms with Crippen LogP contribution in [0.25, 0.3) is 17.1 Å². The van der Waals surface area contributed by atoms with E-state index in [1.807, 2.05) is 6.07 Å². The van der Waals surface area contributed by atoms with Crippen LogP contribution in [-0.4, -0.2) is 9.78 Å². The Balaban J connectivity index is 2.03. The summed E-state index contributed by atoms with van der Waals surface area (Å²) in [5.74, 6) is 1.18. The third-order valence-electron chi connectivity index (χ3n) is 2.75. The SMILES string of the molecule is N#Cc1ccc(-n2nc(-c3ccco3)cc2N)cc1. The van der Waals surface area contributed by atoms with Gasteiger partial charge in [0.25, 0.3) is 0 Å². The van der Waals surface area contributed by atoms with E-state index >= 15 is 0 Å². The molecule has 2 N–H and O–H groups in total. The molecule has 1 aromatic carbocycles. The highest BCUT2D eigenvalue weighted by molar-refractivity contribution is 5.58. The van der Waals surface area contributed by atoms with Crippen LogP contribution >= 0.6 is 0 Å². The molecule has 2 aromatic heterocycles. The minimum absolute atomic E-state index is 0.510. The van der Waals surface area contributed by atoms with Gasteiger partial charge in [-0.15, -0.1) is 0 Å². The summed E-state index contributed by atoms with van der Waals surface area (Å²) in [6.45, 7) is 0. The molecule has 0 bridgehead atoms. The second kappa shape index (κ2) is 4.35. The van der Waals surface area contributed by atoms with E-state index in [2.05, 4.69) is 11.2 Å². The van der Waals surface area contributed by atoms with Gasteiger partial charge in [-0.1, -0.05) is 0 Å². The Morgan fingerprint density at radius 1 is 1.21 bits per heavy atom. The summed E-state index contributed by atoms with van der Waals surface area (Å²) in [5.41, 5.74) is 8.02. The average molecular weight is 250 g/mol. The Bertz CT molecular complexity index is 733. The van der Waals surface area contributed by atoms with Crippen molar-refractivity contribution in [3.05, 3.63) is 54.3 Å². The molecule has 0 atom stereocenters. The van der Waals surface area contributed by atoms with E-state index < -0.39 is 0 Å². The lowest BCUT2D eigenvalue weighted by atomic mass is 10.2. The molecular formula is C14H10N4O. The second-order valence-corrected chi connectivity index (χ2v) is 4.00. The summed E-state index contributed by atoms with van der Waals surface area (Å²) < 4.78 is 6.90. The van der Waals surface area contributed by atoms with Gasteiger partial charge in [-0.3, -0.25) is 0 Å². The van der Waals surface area contributed by atoms with E-state index in [1.54, 1.807) is 47.3 Å². The predicted molar refractivity (Wildman–Crippen MR) is 70.4 cm³/mol. The first-order valence-electron chi connectivity index (χ1n) is 5.68. The Labute approximate surface area is 109 Å². The third kappa shape index (κ3) is 1.96. The Morgan fingerprint density at radius 3 is 2.63 bits per heavy atom. The number of nitriles is 1. The van der Waals surface area contributed by atoms with Crippen LogP contribution in [-0.2, 0) is 0 Å². The van der Waals surface area contributed by atoms with Crippen molar-refractivity contribution in [2.75, 3.05) is 5.73 Å². The lowest BCUT2D eigenvalue weighted by molar-refractivity contribution is 0.579. The number of nitrogen functional groups attached to an aromatic ring is 1. The standard InChI is InChI=1S/C14H10N4O/c15-9-10-3-5-11(6-4-10)18-14(16)8-12(17-18)13-2-1-7-19-13/h1-8H,16H2. The van der Waals surface area contributed by atoms with E-state index in [9.17, 15) is 0 Å². The van der Waals surface area contributed by atoms with Crippen LogP contribution in [0.4, 0.5) is 5.82 Å². The van der Waals surface area contributed by atoms with Crippen molar-refractivity contribution in [1.29, 1.82) is 5.26 Å². The fourth-order valence-electron chi connectivity index (χ4n) is 1.82. The Kier molecular flexibility index (Phi) is 2.54. The fraction of sp³-hybridized carbons (Fsp3) is 0. The molecule has 0 aliphatic rings. The number of hydrogen-bond donors (Lipinski definition) is 1. The molecule has 0 saturated heterocycles. The minimum Gasteiger partial charge on any atom is -0.463 e. The van der Waals surface area contributed by atoms with Crippen LogP contribution in [0.2, 0.25) is 0 Å². The quantitative estimate of drug-likeness (QED) is 0.757. The first-order chi connectivity index (χ1) is 9.28. The minimum atomic E-state index is 0.510. The lowest BCUT2D eigenvalue weighted by Crippen LogP contribution is -2.01. The summed E-state index contributed by atoms with van der Waals surface area (Å²) in [6, 6.07) is 14.5. The van der Waals surface area contributed by atoms with E-state index in [1.165, 1.54) is 0 Å². The van der Waals surface area contributed by atoms with Gasteiger partial charge in [0.1, 0.15) is 11.5 Å². The highest BCUT2D eigenvalue weighted by atomic mass is 16.3. The van der Waals surface area contributed by atoms with Crippen LogP contribution in [0.15, 0.2) is 53.1 Å². The molecule has 3 aromatic rings. The molecule has 0 saturated carbocycles. The number of furan rings is 1. The molecule has 3 rings (SSSR count). The zero-order valence-electron chi connectivity index (χ0n) is 9.95. The fourth-order valence-corrected chi connectivity index (χ4v) is 1.82. The van der Waals surface area contributed by atoms with E-state index in [4.69, 9.17) is 15.4 Å². The van der Waals surface area contributed by atoms with Crippen LogP contribution in [0, 0.1) is 11.3 Å². The number of aromatic nitrogens is 2. The smallest absolute Gasteiger partial charge is 0.154 e. The third-order valence-corrected chi connectivity index (χ3v) is 2.75. The van der Waals surface area contributed by atoms with Gasteiger partial charge < -0.3 is 10.2 Å². The molecule has 0 amide bonds. The molecule has 92 valence electrons. The molecule has 0 aliphatic heterocycles. The normalized spacial score (nSPS) is 10.3. The van der Waals surface area contributed by atoms with E-state index in [-0.39, 0.29) is 0 Å². The van der Waals surface area contributed by atoms with Crippen molar-refractivity contribution in [1.82, 2.24) is 9.78 Å². The maximum atomic E-state index is 8.77. The van der Waals surface area contributed by atoms with Crippen LogP contribution < -0.4 is 5.73 Å². The van der Waals surface area contributed by atoms with Crippen LogP contribution in [0.3, 0.4) is 0 Å². The van der Waals surface area contributed by atoms with Crippen molar-refractivity contribution in [2.45, 2.75) is 0 Å². The zero-order valence-corrected chi connectivity index (χ0v) is 9.95. The van der Waals surface area contributed by atoms with Crippen molar-refractivity contribution in [2.24, 2.45) is 0 Å². The summed E-state index contributed by atoms with van der Waals surface area (Å²) in [5, 5.41) is 13.2. The lowest BCUT2D eigenvalue weighted by Gasteiger charge is -2.03.